The minimum absolute atomic E-state index is 0.0537. The van der Waals surface area contributed by atoms with Crippen molar-refractivity contribution < 1.29 is 10.2 Å². The van der Waals surface area contributed by atoms with Gasteiger partial charge in [-0.05, 0) is 41.7 Å². The molecule has 0 aliphatic heterocycles. The summed E-state index contributed by atoms with van der Waals surface area (Å²) in [5, 5.41) is 18.7. The smallest absolute Gasteiger partial charge is 0.158 e. The third kappa shape index (κ3) is 1.36. The molecule has 74 valence electrons. The first-order valence-corrected chi connectivity index (χ1v) is 4.66. The Bertz CT molecular complexity index is 397. The fourth-order valence-electron chi connectivity index (χ4n) is 1.83. The minimum atomic E-state index is -0.0787. The van der Waals surface area contributed by atoms with Crippen molar-refractivity contribution in [3.05, 3.63) is 29.3 Å². The molecule has 4 N–H and O–H groups in total. The van der Waals surface area contributed by atoms with Crippen LogP contribution in [0, 0.1) is 0 Å². The highest BCUT2D eigenvalue weighted by atomic mass is 16.3. The number of fused-ring (bicyclic) bond motifs is 1. The summed E-state index contributed by atoms with van der Waals surface area (Å²) < 4.78 is 0. The molecular weight excluding hydrogens is 178 g/mol. The number of nitrogens with two attached hydrogens (primary N) is 1. The summed E-state index contributed by atoms with van der Waals surface area (Å²) in [6.07, 6.45) is 3.93. The van der Waals surface area contributed by atoms with Crippen molar-refractivity contribution in [3.8, 4) is 11.5 Å². The zero-order chi connectivity index (χ0) is 10.1. The lowest BCUT2D eigenvalue weighted by Gasteiger charge is -2.17. The van der Waals surface area contributed by atoms with E-state index in [2.05, 4.69) is 6.08 Å². The van der Waals surface area contributed by atoms with Crippen LogP contribution in [0.25, 0.3) is 5.57 Å². The van der Waals surface area contributed by atoms with E-state index >= 15 is 0 Å². The van der Waals surface area contributed by atoms with E-state index in [1.165, 1.54) is 0 Å². The average molecular weight is 191 g/mol. The number of hydrogen-bond donors (Lipinski definition) is 3. The average Bonchev–Trinajstić information content (AvgIpc) is 2.19. The highest BCUT2D eigenvalue weighted by Crippen LogP contribution is 2.34. The van der Waals surface area contributed by atoms with Gasteiger partial charge in [-0.1, -0.05) is 6.08 Å². The lowest BCUT2D eigenvalue weighted by atomic mass is 9.90. The van der Waals surface area contributed by atoms with Crippen LogP contribution in [0.5, 0.6) is 11.5 Å². The van der Waals surface area contributed by atoms with E-state index in [1.54, 1.807) is 12.1 Å². The maximum Gasteiger partial charge on any atom is 0.158 e. The summed E-state index contributed by atoms with van der Waals surface area (Å²) in [5.74, 6) is -0.132. The second-order valence-electron chi connectivity index (χ2n) is 3.47. The van der Waals surface area contributed by atoms with Crippen LogP contribution in [0.15, 0.2) is 18.2 Å². The molecule has 1 aliphatic rings. The third-order valence-corrected chi connectivity index (χ3v) is 2.57. The summed E-state index contributed by atoms with van der Waals surface area (Å²) in [4.78, 5) is 0. The number of phenols is 2. The fraction of sp³-hybridized carbons (Fsp3) is 0.273. The van der Waals surface area contributed by atoms with Gasteiger partial charge in [-0.3, -0.25) is 0 Å². The van der Waals surface area contributed by atoms with E-state index in [9.17, 15) is 10.2 Å². The summed E-state index contributed by atoms with van der Waals surface area (Å²) in [6, 6.07) is 3.20. The van der Waals surface area contributed by atoms with Crippen molar-refractivity contribution in [3.63, 3.8) is 0 Å². The number of aromatic hydroxyl groups is 2. The van der Waals surface area contributed by atoms with Crippen LogP contribution < -0.4 is 5.73 Å². The Morgan fingerprint density at radius 1 is 1.21 bits per heavy atom. The number of rotatable bonds is 1. The van der Waals surface area contributed by atoms with Gasteiger partial charge in [0.15, 0.2) is 11.5 Å². The predicted molar refractivity (Wildman–Crippen MR) is 55.1 cm³/mol. The zero-order valence-electron chi connectivity index (χ0n) is 7.83. The Balaban J connectivity index is 2.56. The molecule has 0 saturated carbocycles. The van der Waals surface area contributed by atoms with Crippen molar-refractivity contribution in [2.45, 2.75) is 12.8 Å². The quantitative estimate of drug-likeness (QED) is 0.587. The van der Waals surface area contributed by atoms with Crippen LogP contribution in [-0.4, -0.2) is 16.8 Å². The molecule has 0 heterocycles. The second kappa shape index (κ2) is 3.35. The number of hydrogen-bond acceptors (Lipinski definition) is 3. The molecule has 0 radical (unpaired) electrons. The van der Waals surface area contributed by atoms with E-state index in [4.69, 9.17) is 5.73 Å². The number of aryl methyl sites for hydroxylation is 1. The van der Waals surface area contributed by atoms with E-state index in [0.29, 0.717) is 6.54 Å². The van der Waals surface area contributed by atoms with E-state index in [1.807, 2.05) is 0 Å². The first kappa shape index (κ1) is 9.09. The van der Waals surface area contributed by atoms with Crippen LogP contribution in [-0.2, 0) is 6.42 Å². The highest BCUT2D eigenvalue weighted by molar-refractivity contribution is 5.73. The standard InChI is InChI=1S/C11H13NO2/c12-6-8-3-1-2-7-4-10(13)11(14)5-9(7)8/h3-5,13-14H,1-2,6,12H2. The summed E-state index contributed by atoms with van der Waals surface area (Å²) in [6.45, 7) is 0.469. The Kier molecular flexibility index (Phi) is 2.17. The Morgan fingerprint density at radius 2 is 1.93 bits per heavy atom. The molecule has 0 fully saturated rings. The molecule has 1 aromatic rings. The van der Waals surface area contributed by atoms with Crippen LogP contribution in [0.4, 0.5) is 0 Å². The molecule has 1 aliphatic carbocycles. The molecular formula is C11H13NO2. The SMILES string of the molecule is NCC1=CCCc2cc(O)c(O)cc21. The monoisotopic (exact) mass is 191 g/mol. The molecule has 0 bridgehead atoms. The lowest BCUT2D eigenvalue weighted by molar-refractivity contribution is 0.403. The number of phenolic OH excluding ortho intramolecular Hbond substituents is 2. The maximum atomic E-state index is 9.37. The molecule has 0 saturated heterocycles. The molecule has 3 heteroatoms. The molecule has 0 unspecified atom stereocenters. The van der Waals surface area contributed by atoms with Crippen molar-refractivity contribution in [1.82, 2.24) is 0 Å². The Morgan fingerprint density at radius 3 is 2.64 bits per heavy atom. The Labute approximate surface area is 82.5 Å². The molecule has 0 amide bonds. The van der Waals surface area contributed by atoms with Crippen molar-refractivity contribution in [2.75, 3.05) is 6.54 Å². The molecule has 2 rings (SSSR count). The van der Waals surface area contributed by atoms with Crippen LogP contribution in [0.1, 0.15) is 17.5 Å². The van der Waals surface area contributed by atoms with E-state index in [-0.39, 0.29) is 11.5 Å². The summed E-state index contributed by atoms with van der Waals surface area (Å²) in [7, 11) is 0. The van der Waals surface area contributed by atoms with Gasteiger partial charge >= 0.3 is 0 Å². The van der Waals surface area contributed by atoms with Crippen molar-refractivity contribution >= 4 is 5.57 Å². The van der Waals surface area contributed by atoms with Crippen molar-refractivity contribution in [1.29, 1.82) is 0 Å². The summed E-state index contributed by atoms with van der Waals surface area (Å²) in [5.41, 5.74) is 8.66. The second-order valence-corrected chi connectivity index (χ2v) is 3.47. The van der Waals surface area contributed by atoms with Crippen molar-refractivity contribution in [2.24, 2.45) is 5.73 Å². The van der Waals surface area contributed by atoms with Crippen LogP contribution in [0.3, 0.4) is 0 Å². The van der Waals surface area contributed by atoms with E-state index in [0.717, 1.165) is 29.5 Å². The van der Waals surface area contributed by atoms with Gasteiger partial charge in [0.1, 0.15) is 0 Å². The van der Waals surface area contributed by atoms with Gasteiger partial charge in [-0.2, -0.15) is 0 Å². The molecule has 0 atom stereocenters. The van der Waals surface area contributed by atoms with Crippen LogP contribution in [0.2, 0.25) is 0 Å². The minimum Gasteiger partial charge on any atom is -0.504 e. The Hall–Kier alpha value is -1.48. The van der Waals surface area contributed by atoms with Gasteiger partial charge in [-0.25, -0.2) is 0 Å². The first-order valence-electron chi connectivity index (χ1n) is 4.66. The van der Waals surface area contributed by atoms with Gasteiger partial charge in [0.05, 0.1) is 0 Å². The largest absolute Gasteiger partial charge is 0.504 e. The number of allylic oxidation sites excluding steroid dienone is 1. The fourth-order valence-corrected chi connectivity index (χ4v) is 1.83. The molecule has 0 aromatic heterocycles. The zero-order valence-corrected chi connectivity index (χ0v) is 7.83. The molecule has 0 spiro atoms. The normalized spacial score (nSPS) is 14.8. The molecule has 3 nitrogen and oxygen atoms in total. The number of benzene rings is 1. The first-order chi connectivity index (χ1) is 6.72. The van der Waals surface area contributed by atoms with Crippen LogP contribution >= 0.6 is 0 Å². The topological polar surface area (TPSA) is 66.5 Å². The van der Waals surface area contributed by atoms with Gasteiger partial charge in [-0.15, -0.1) is 0 Å². The lowest BCUT2D eigenvalue weighted by Crippen LogP contribution is -2.08. The van der Waals surface area contributed by atoms with E-state index < -0.39 is 0 Å². The maximum absolute atomic E-state index is 9.37. The van der Waals surface area contributed by atoms with Gasteiger partial charge in [0.2, 0.25) is 0 Å². The van der Waals surface area contributed by atoms with Gasteiger partial charge in [0, 0.05) is 6.54 Å². The predicted octanol–water partition coefficient (Wildman–Crippen LogP) is 1.39. The molecule has 14 heavy (non-hydrogen) atoms. The van der Waals surface area contributed by atoms with Gasteiger partial charge in [0.25, 0.3) is 0 Å². The third-order valence-electron chi connectivity index (χ3n) is 2.57. The summed E-state index contributed by atoms with van der Waals surface area (Å²) >= 11 is 0. The van der Waals surface area contributed by atoms with Gasteiger partial charge < -0.3 is 15.9 Å². The highest BCUT2D eigenvalue weighted by Gasteiger charge is 2.14. The molecule has 1 aromatic carbocycles.